The van der Waals surface area contributed by atoms with Crippen molar-refractivity contribution in [2.24, 2.45) is 0 Å². The van der Waals surface area contributed by atoms with Crippen LogP contribution in [0.25, 0.3) is 0 Å². The normalized spacial score (nSPS) is 13.1. The Balaban J connectivity index is 4.36. The first-order valence-electron chi connectivity index (χ1n) is 25.2. The molecular weight excluding hydrogens is 767 g/mol. The summed E-state index contributed by atoms with van der Waals surface area (Å²) in [7, 11) is 5.96. The second kappa shape index (κ2) is 44.1. The molecule has 9 nitrogen and oxygen atoms in total. The minimum absolute atomic E-state index is 0.186. The van der Waals surface area contributed by atoms with Crippen molar-refractivity contribution in [3.63, 3.8) is 0 Å². The topological polar surface area (TPSA) is 108 Å². The molecule has 0 aliphatic heterocycles. The zero-order chi connectivity index (χ0) is 44.9. The number of carboxylic acids is 1. The van der Waals surface area contributed by atoms with E-state index in [1.165, 1.54) is 122 Å². The summed E-state index contributed by atoms with van der Waals surface area (Å²) in [5.74, 6) is -2.02. The van der Waals surface area contributed by atoms with Gasteiger partial charge in [0.1, 0.15) is 13.2 Å². The van der Waals surface area contributed by atoms with Crippen molar-refractivity contribution in [3.05, 3.63) is 36.5 Å². The number of aliphatic carboxylic acids is 1. The molecular formula is C52H96NO8+. The van der Waals surface area contributed by atoms with Crippen molar-refractivity contribution < 1.29 is 42.9 Å². The molecule has 0 saturated heterocycles. The Kier molecular flexibility index (Phi) is 42.3. The fraction of sp³-hybridized carbons (Fsp3) is 0.827. The number of ether oxygens (including phenoxy) is 4. The first kappa shape index (κ1) is 58.5. The number of allylic oxidation sites excluding steroid dienone is 6. The Hall–Kier alpha value is -2.49. The van der Waals surface area contributed by atoms with Gasteiger partial charge in [-0.15, -0.1) is 0 Å². The number of hydrogen-bond donors (Lipinski definition) is 1. The molecule has 2 atom stereocenters. The Bertz CT molecular complexity index is 1100. The molecule has 61 heavy (non-hydrogen) atoms. The van der Waals surface area contributed by atoms with Gasteiger partial charge in [-0.2, -0.15) is 0 Å². The van der Waals surface area contributed by atoms with Crippen molar-refractivity contribution in [1.82, 2.24) is 0 Å². The second-order valence-corrected chi connectivity index (χ2v) is 18.1. The molecule has 0 aliphatic carbocycles. The third-order valence-corrected chi connectivity index (χ3v) is 10.9. The highest BCUT2D eigenvalue weighted by molar-refractivity contribution is 5.71. The van der Waals surface area contributed by atoms with Gasteiger partial charge in [0.05, 0.1) is 34.4 Å². The molecule has 356 valence electrons. The summed E-state index contributed by atoms with van der Waals surface area (Å²) in [6.45, 7) is 4.85. The Morgan fingerprint density at radius 3 is 1.31 bits per heavy atom. The lowest BCUT2D eigenvalue weighted by Crippen LogP contribution is -2.40. The number of carboxylic acid groups (broad SMARTS) is 1. The lowest BCUT2D eigenvalue weighted by molar-refractivity contribution is -0.870. The quantitative estimate of drug-likeness (QED) is 0.0212. The standard InChI is InChI=1S/C52H95NO8/c1-6-8-10-12-14-16-18-20-22-23-24-25-26-27-29-31-33-35-37-39-41-43-50(55)61-48(47-60-52(51(56)57)58-45-44-53(3,4)5)46-59-49(54)42-40-38-36-34-32-30-28-21-19-17-15-13-11-9-7-2/h18,20-21,23-24,28,48,52H,6-17,19,22,25-27,29-47H2,1-5H3/p+1/b20-18-,24-23-,28-21-. The molecule has 2 unspecified atom stereocenters. The summed E-state index contributed by atoms with van der Waals surface area (Å²) in [6, 6.07) is 0. The number of unbranched alkanes of at least 4 members (excludes halogenated alkanes) is 25. The summed E-state index contributed by atoms with van der Waals surface area (Å²) in [6.07, 6.45) is 47.7. The number of hydrogen-bond acceptors (Lipinski definition) is 7. The summed E-state index contributed by atoms with van der Waals surface area (Å²) in [5.41, 5.74) is 0. The average Bonchev–Trinajstić information content (AvgIpc) is 3.22. The summed E-state index contributed by atoms with van der Waals surface area (Å²) in [4.78, 5) is 37.2. The van der Waals surface area contributed by atoms with E-state index in [9.17, 15) is 19.5 Å². The molecule has 9 heteroatoms. The molecule has 1 N–H and O–H groups in total. The van der Waals surface area contributed by atoms with E-state index in [4.69, 9.17) is 18.9 Å². The highest BCUT2D eigenvalue weighted by Gasteiger charge is 2.25. The Morgan fingerprint density at radius 2 is 0.885 bits per heavy atom. The van der Waals surface area contributed by atoms with Crippen LogP contribution in [0.3, 0.4) is 0 Å². The summed E-state index contributed by atoms with van der Waals surface area (Å²) < 4.78 is 22.8. The minimum atomic E-state index is -1.51. The maximum absolute atomic E-state index is 12.8. The molecule has 0 aromatic rings. The smallest absolute Gasteiger partial charge is 0.361 e. The van der Waals surface area contributed by atoms with Crippen molar-refractivity contribution in [3.8, 4) is 0 Å². The number of rotatable bonds is 46. The van der Waals surface area contributed by atoms with E-state index in [0.29, 0.717) is 23.9 Å². The Labute approximate surface area is 375 Å². The predicted molar refractivity (Wildman–Crippen MR) is 254 cm³/mol. The molecule has 0 heterocycles. The lowest BCUT2D eigenvalue weighted by Gasteiger charge is -2.25. The lowest BCUT2D eigenvalue weighted by atomic mass is 10.1. The van der Waals surface area contributed by atoms with Crippen molar-refractivity contribution in [2.75, 3.05) is 47.5 Å². The van der Waals surface area contributed by atoms with Crippen LogP contribution < -0.4 is 0 Å². The van der Waals surface area contributed by atoms with Crippen molar-refractivity contribution in [1.29, 1.82) is 0 Å². The van der Waals surface area contributed by atoms with Gasteiger partial charge in [-0.1, -0.05) is 172 Å². The summed E-state index contributed by atoms with van der Waals surface area (Å²) >= 11 is 0. The van der Waals surface area contributed by atoms with E-state index < -0.39 is 24.3 Å². The average molecular weight is 863 g/mol. The zero-order valence-corrected chi connectivity index (χ0v) is 40.3. The largest absolute Gasteiger partial charge is 0.477 e. The molecule has 0 spiro atoms. The van der Waals surface area contributed by atoms with E-state index in [1.54, 1.807) is 0 Å². The van der Waals surface area contributed by atoms with E-state index in [0.717, 1.165) is 64.2 Å². The maximum Gasteiger partial charge on any atom is 0.361 e. The van der Waals surface area contributed by atoms with Gasteiger partial charge in [0.2, 0.25) is 0 Å². The van der Waals surface area contributed by atoms with E-state index >= 15 is 0 Å². The third-order valence-electron chi connectivity index (χ3n) is 10.9. The van der Waals surface area contributed by atoms with Gasteiger partial charge in [0.25, 0.3) is 6.29 Å². The van der Waals surface area contributed by atoms with Gasteiger partial charge in [0.15, 0.2) is 6.10 Å². The Morgan fingerprint density at radius 1 is 0.492 bits per heavy atom. The first-order valence-corrected chi connectivity index (χ1v) is 25.2. The van der Waals surface area contributed by atoms with E-state index in [1.807, 2.05) is 21.1 Å². The van der Waals surface area contributed by atoms with Crippen LogP contribution in [0.1, 0.15) is 219 Å². The van der Waals surface area contributed by atoms with Gasteiger partial charge in [-0.3, -0.25) is 9.59 Å². The predicted octanol–water partition coefficient (Wildman–Crippen LogP) is 13.8. The highest BCUT2D eigenvalue weighted by atomic mass is 16.7. The minimum Gasteiger partial charge on any atom is -0.477 e. The van der Waals surface area contributed by atoms with Crippen LogP contribution >= 0.6 is 0 Å². The van der Waals surface area contributed by atoms with Gasteiger partial charge >= 0.3 is 17.9 Å². The molecule has 0 aromatic carbocycles. The SMILES string of the molecule is CCCCCCC/C=C\C/C=C\CCCCCCCCCCCC(=O)OC(COC(=O)CCCCCCC/C=C\CCCCCCCC)COC(OCC[N+](C)(C)C)C(=O)O. The molecule has 0 aromatic heterocycles. The number of likely N-dealkylation sites (N-methyl/N-ethyl adjacent to an activating group) is 1. The number of quaternary nitrogens is 1. The zero-order valence-electron chi connectivity index (χ0n) is 40.3. The monoisotopic (exact) mass is 863 g/mol. The highest BCUT2D eigenvalue weighted by Crippen LogP contribution is 2.14. The van der Waals surface area contributed by atoms with Gasteiger partial charge < -0.3 is 28.5 Å². The maximum atomic E-state index is 12.8. The number of carbonyl (C=O) groups excluding carboxylic acids is 2. The molecule has 0 radical (unpaired) electrons. The van der Waals surface area contributed by atoms with Gasteiger partial charge in [0, 0.05) is 12.8 Å². The van der Waals surface area contributed by atoms with Crippen LogP contribution in [0.5, 0.6) is 0 Å². The van der Waals surface area contributed by atoms with Crippen LogP contribution in [0.4, 0.5) is 0 Å². The van der Waals surface area contributed by atoms with E-state index in [-0.39, 0.29) is 32.2 Å². The molecule has 0 bridgehead atoms. The molecule has 0 saturated carbocycles. The third kappa shape index (κ3) is 45.4. The number of esters is 2. The molecule has 0 amide bonds. The van der Waals surface area contributed by atoms with Crippen LogP contribution in [-0.4, -0.2) is 87.4 Å². The van der Waals surface area contributed by atoms with Crippen molar-refractivity contribution >= 4 is 17.9 Å². The van der Waals surface area contributed by atoms with Gasteiger partial charge in [-0.25, -0.2) is 4.79 Å². The number of carbonyl (C=O) groups is 3. The van der Waals surface area contributed by atoms with Crippen LogP contribution in [-0.2, 0) is 33.3 Å². The summed E-state index contributed by atoms with van der Waals surface area (Å²) in [5, 5.41) is 9.66. The first-order chi connectivity index (χ1) is 29.6. The van der Waals surface area contributed by atoms with Crippen LogP contribution in [0, 0.1) is 0 Å². The fourth-order valence-corrected chi connectivity index (χ4v) is 6.92. The van der Waals surface area contributed by atoms with Crippen molar-refractivity contribution in [2.45, 2.75) is 232 Å². The van der Waals surface area contributed by atoms with Crippen LogP contribution in [0.2, 0.25) is 0 Å². The fourth-order valence-electron chi connectivity index (χ4n) is 6.92. The molecule has 0 fully saturated rings. The molecule has 0 rings (SSSR count). The molecule has 0 aliphatic rings. The van der Waals surface area contributed by atoms with Gasteiger partial charge in [-0.05, 0) is 70.6 Å². The second-order valence-electron chi connectivity index (χ2n) is 18.1. The van der Waals surface area contributed by atoms with Crippen LogP contribution in [0.15, 0.2) is 36.5 Å². The van der Waals surface area contributed by atoms with E-state index in [2.05, 4.69) is 50.3 Å². The number of nitrogens with zero attached hydrogens (tertiary/aromatic N) is 1.